The number of carbonyl (C=O) groups is 3. The molecule has 26 heavy (non-hydrogen) atoms. The summed E-state index contributed by atoms with van der Waals surface area (Å²) in [7, 11) is 0. The second kappa shape index (κ2) is 8.21. The van der Waals surface area contributed by atoms with Gasteiger partial charge in [0, 0.05) is 31.6 Å². The van der Waals surface area contributed by atoms with Crippen LogP contribution in [0.3, 0.4) is 0 Å². The standard InChI is InChI=1S/C19H25N3O4/c1-2-16-18(24)20-9-11-22(16)19(25)14-5-7-15(8-6-14)26-13-12-21-10-3-4-17(21)23/h5-8,16H,2-4,9-13H2,1H3,(H,20,24)/t16-/m0/s1. The van der Waals surface area contributed by atoms with Gasteiger partial charge in [0.25, 0.3) is 5.91 Å². The lowest BCUT2D eigenvalue weighted by Crippen LogP contribution is -2.56. The van der Waals surface area contributed by atoms with Crippen LogP contribution >= 0.6 is 0 Å². The minimum absolute atomic E-state index is 0.0940. The first-order valence-electron chi connectivity index (χ1n) is 9.19. The van der Waals surface area contributed by atoms with Gasteiger partial charge in [-0.3, -0.25) is 14.4 Å². The molecule has 0 aromatic heterocycles. The van der Waals surface area contributed by atoms with Crippen molar-refractivity contribution in [2.24, 2.45) is 0 Å². The molecule has 2 saturated heterocycles. The second-order valence-electron chi connectivity index (χ2n) is 6.57. The number of ether oxygens (including phenoxy) is 1. The van der Waals surface area contributed by atoms with Gasteiger partial charge in [-0.25, -0.2) is 0 Å². The molecule has 0 bridgehead atoms. The van der Waals surface area contributed by atoms with Gasteiger partial charge < -0.3 is 19.9 Å². The molecular formula is C19H25N3O4. The average Bonchev–Trinajstić information content (AvgIpc) is 3.06. The van der Waals surface area contributed by atoms with Crippen molar-refractivity contribution in [3.05, 3.63) is 29.8 Å². The van der Waals surface area contributed by atoms with Crippen LogP contribution < -0.4 is 10.1 Å². The maximum Gasteiger partial charge on any atom is 0.254 e. The molecule has 0 spiro atoms. The Morgan fingerprint density at radius 3 is 2.65 bits per heavy atom. The quantitative estimate of drug-likeness (QED) is 0.823. The Hall–Kier alpha value is -2.57. The predicted molar refractivity (Wildman–Crippen MR) is 95.9 cm³/mol. The van der Waals surface area contributed by atoms with E-state index in [0.29, 0.717) is 50.4 Å². The minimum atomic E-state index is -0.412. The van der Waals surface area contributed by atoms with Crippen LogP contribution in [0.2, 0.25) is 0 Å². The number of nitrogens with one attached hydrogen (secondary N) is 1. The van der Waals surface area contributed by atoms with Gasteiger partial charge in [0.05, 0.1) is 6.54 Å². The van der Waals surface area contributed by atoms with Crippen LogP contribution in [0.25, 0.3) is 0 Å². The molecule has 0 unspecified atom stereocenters. The van der Waals surface area contributed by atoms with Crippen molar-refractivity contribution in [3.8, 4) is 5.75 Å². The Morgan fingerprint density at radius 2 is 2.00 bits per heavy atom. The van der Waals surface area contributed by atoms with Crippen LogP contribution in [0, 0.1) is 0 Å². The van der Waals surface area contributed by atoms with Crippen LogP contribution in [0.1, 0.15) is 36.5 Å². The summed E-state index contributed by atoms with van der Waals surface area (Å²) < 4.78 is 5.67. The lowest BCUT2D eigenvalue weighted by atomic mass is 10.1. The number of rotatable bonds is 6. The van der Waals surface area contributed by atoms with Gasteiger partial charge in [0.15, 0.2) is 0 Å². The number of benzene rings is 1. The third-order valence-electron chi connectivity index (χ3n) is 4.88. The molecular weight excluding hydrogens is 334 g/mol. The topological polar surface area (TPSA) is 79.0 Å². The zero-order valence-electron chi connectivity index (χ0n) is 15.1. The normalized spacial score (nSPS) is 20.3. The molecule has 3 amide bonds. The molecule has 0 radical (unpaired) electrons. The summed E-state index contributed by atoms with van der Waals surface area (Å²) in [6.45, 7) is 4.72. The van der Waals surface area contributed by atoms with E-state index >= 15 is 0 Å². The van der Waals surface area contributed by atoms with Crippen LogP contribution in [0.4, 0.5) is 0 Å². The monoisotopic (exact) mass is 359 g/mol. The maximum absolute atomic E-state index is 12.7. The van der Waals surface area contributed by atoms with Gasteiger partial charge >= 0.3 is 0 Å². The number of carbonyl (C=O) groups excluding carboxylic acids is 3. The molecule has 1 atom stereocenters. The Bertz CT molecular complexity index is 674. The molecule has 1 aromatic carbocycles. The van der Waals surface area contributed by atoms with Gasteiger partial charge in [-0.1, -0.05) is 6.92 Å². The molecule has 3 rings (SSSR count). The summed E-state index contributed by atoms with van der Waals surface area (Å²) in [5.74, 6) is 0.617. The number of amides is 3. The lowest BCUT2D eigenvalue weighted by Gasteiger charge is -2.34. The van der Waals surface area contributed by atoms with Crippen molar-refractivity contribution in [3.63, 3.8) is 0 Å². The number of likely N-dealkylation sites (tertiary alicyclic amines) is 1. The van der Waals surface area contributed by atoms with Gasteiger partial charge in [-0.05, 0) is 37.1 Å². The predicted octanol–water partition coefficient (Wildman–Crippen LogP) is 1.04. The van der Waals surface area contributed by atoms with E-state index in [1.165, 1.54) is 0 Å². The van der Waals surface area contributed by atoms with E-state index in [9.17, 15) is 14.4 Å². The van der Waals surface area contributed by atoms with Crippen molar-refractivity contribution in [1.82, 2.24) is 15.1 Å². The fourth-order valence-electron chi connectivity index (χ4n) is 3.44. The van der Waals surface area contributed by atoms with E-state index in [4.69, 9.17) is 4.74 Å². The van der Waals surface area contributed by atoms with E-state index < -0.39 is 6.04 Å². The smallest absolute Gasteiger partial charge is 0.254 e. The third-order valence-corrected chi connectivity index (χ3v) is 4.88. The van der Waals surface area contributed by atoms with E-state index in [1.807, 2.05) is 11.8 Å². The second-order valence-corrected chi connectivity index (χ2v) is 6.57. The third kappa shape index (κ3) is 3.98. The Kier molecular flexibility index (Phi) is 5.75. The molecule has 2 aliphatic heterocycles. The average molecular weight is 359 g/mol. The molecule has 2 aliphatic rings. The summed E-state index contributed by atoms with van der Waals surface area (Å²) in [6.07, 6.45) is 2.14. The Morgan fingerprint density at radius 1 is 1.23 bits per heavy atom. The van der Waals surface area contributed by atoms with Gasteiger partial charge in [-0.2, -0.15) is 0 Å². The number of hydrogen-bond donors (Lipinski definition) is 1. The highest BCUT2D eigenvalue weighted by Gasteiger charge is 2.32. The molecule has 7 heteroatoms. The molecule has 0 saturated carbocycles. The SMILES string of the molecule is CC[C@H]1C(=O)NCCN1C(=O)c1ccc(OCCN2CCCC2=O)cc1. The first-order chi connectivity index (χ1) is 12.6. The van der Waals surface area contributed by atoms with E-state index in [0.717, 1.165) is 13.0 Å². The molecule has 1 N–H and O–H groups in total. The highest BCUT2D eigenvalue weighted by Crippen LogP contribution is 2.17. The Labute approximate surface area is 153 Å². The van der Waals surface area contributed by atoms with Crippen LogP contribution in [0.5, 0.6) is 5.75 Å². The molecule has 1 aromatic rings. The zero-order chi connectivity index (χ0) is 18.5. The van der Waals surface area contributed by atoms with Crippen molar-refractivity contribution in [2.75, 3.05) is 32.8 Å². The first kappa shape index (κ1) is 18.2. The van der Waals surface area contributed by atoms with Gasteiger partial charge in [-0.15, -0.1) is 0 Å². The number of hydrogen-bond acceptors (Lipinski definition) is 4. The van der Waals surface area contributed by atoms with Crippen molar-refractivity contribution >= 4 is 17.7 Å². The fourth-order valence-corrected chi connectivity index (χ4v) is 3.44. The van der Waals surface area contributed by atoms with E-state index in [-0.39, 0.29) is 17.7 Å². The van der Waals surface area contributed by atoms with Gasteiger partial charge in [0.2, 0.25) is 11.8 Å². The van der Waals surface area contributed by atoms with Crippen molar-refractivity contribution < 1.29 is 19.1 Å². The largest absolute Gasteiger partial charge is 0.492 e. The highest BCUT2D eigenvalue weighted by atomic mass is 16.5. The number of nitrogens with zero attached hydrogens (tertiary/aromatic N) is 2. The van der Waals surface area contributed by atoms with Gasteiger partial charge in [0.1, 0.15) is 18.4 Å². The molecule has 7 nitrogen and oxygen atoms in total. The summed E-state index contributed by atoms with van der Waals surface area (Å²) in [5.41, 5.74) is 0.542. The molecule has 140 valence electrons. The number of piperazine rings is 1. The van der Waals surface area contributed by atoms with Crippen LogP contribution in [0.15, 0.2) is 24.3 Å². The van der Waals surface area contributed by atoms with Crippen LogP contribution in [-0.4, -0.2) is 66.3 Å². The summed E-state index contributed by atoms with van der Waals surface area (Å²) in [6, 6.07) is 6.54. The lowest BCUT2D eigenvalue weighted by molar-refractivity contribution is -0.128. The van der Waals surface area contributed by atoms with E-state index in [1.54, 1.807) is 29.2 Å². The van der Waals surface area contributed by atoms with Crippen molar-refractivity contribution in [1.29, 1.82) is 0 Å². The maximum atomic E-state index is 12.7. The first-order valence-corrected chi connectivity index (χ1v) is 9.19. The molecule has 2 heterocycles. The minimum Gasteiger partial charge on any atom is -0.492 e. The zero-order valence-corrected chi connectivity index (χ0v) is 15.1. The summed E-state index contributed by atoms with van der Waals surface area (Å²) in [4.78, 5) is 39.6. The Balaban J connectivity index is 1.55. The van der Waals surface area contributed by atoms with E-state index in [2.05, 4.69) is 5.32 Å². The van der Waals surface area contributed by atoms with Crippen molar-refractivity contribution in [2.45, 2.75) is 32.2 Å². The molecule has 0 aliphatic carbocycles. The fraction of sp³-hybridized carbons (Fsp3) is 0.526. The summed E-state index contributed by atoms with van der Waals surface area (Å²) >= 11 is 0. The highest BCUT2D eigenvalue weighted by molar-refractivity contribution is 5.98. The summed E-state index contributed by atoms with van der Waals surface area (Å²) in [5, 5.41) is 2.80. The van der Waals surface area contributed by atoms with Crippen LogP contribution in [-0.2, 0) is 9.59 Å². The molecule has 2 fully saturated rings.